The molecule has 2 heterocycles. The Morgan fingerprint density at radius 2 is 2.47 bits per heavy atom. The van der Waals surface area contributed by atoms with E-state index in [0.29, 0.717) is 18.5 Å². The summed E-state index contributed by atoms with van der Waals surface area (Å²) in [5.41, 5.74) is 0. The minimum Gasteiger partial charge on any atom is -0.340 e. The molecule has 1 aliphatic heterocycles. The minimum absolute atomic E-state index is 0.629. The van der Waals surface area contributed by atoms with Gasteiger partial charge in [0.1, 0.15) is 0 Å². The first kappa shape index (κ1) is 10.6. The molecule has 0 saturated carbocycles. The highest BCUT2D eigenvalue weighted by Crippen LogP contribution is 2.13. The van der Waals surface area contributed by atoms with Crippen molar-refractivity contribution in [3.8, 4) is 0 Å². The zero-order valence-electron chi connectivity index (χ0n) is 9.36. The van der Waals surface area contributed by atoms with Crippen LogP contribution in [0.3, 0.4) is 0 Å². The van der Waals surface area contributed by atoms with Gasteiger partial charge in [0.25, 0.3) is 0 Å². The molecule has 0 radical (unpaired) electrons. The molecule has 0 amide bonds. The van der Waals surface area contributed by atoms with E-state index < -0.39 is 0 Å². The highest BCUT2D eigenvalue weighted by molar-refractivity contribution is 4.84. The van der Waals surface area contributed by atoms with E-state index in [-0.39, 0.29) is 0 Å². The van der Waals surface area contributed by atoms with Gasteiger partial charge in [-0.25, -0.2) is 0 Å². The van der Waals surface area contributed by atoms with E-state index in [0.717, 1.165) is 12.4 Å². The number of likely N-dealkylation sites (tertiary alicyclic amines) is 1. The number of nitrogens with zero attached hydrogens (tertiary/aromatic N) is 3. The molecule has 1 aromatic rings. The fourth-order valence-corrected chi connectivity index (χ4v) is 2.00. The Morgan fingerprint density at radius 1 is 1.60 bits per heavy atom. The lowest BCUT2D eigenvalue weighted by molar-refractivity contribution is 0.298. The van der Waals surface area contributed by atoms with E-state index in [1.165, 1.54) is 19.4 Å². The first-order valence-electron chi connectivity index (χ1n) is 5.46. The second kappa shape index (κ2) is 4.72. The summed E-state index contributed by atoms with van der Waals surface area (Å²) in [6.07, 6.45) is 2.60. The molecule has 1 unspecified atom stereocenters. The number of hydrogen-bond acceptors (Lipinski definition) is 5. The molecule has 1 fully saturated rings. The molecule has 5 nitrogen and oxygen atoms in total. The average Bonchev–Trinajstić information content (AvgIpc) is 2.77. The van der Waals surface area contributed by atoms with Crippen molar-refractivity contribution in [3.05, 3.63) is 11.7 Å². The van der Waals surface area contributed by atoms with E-state index in [1.54, 1.807) is 6.92 Å². The monoisotopic (exact) mass is 210 g/mol. The fourth-order valence-electron chi connectivity index (χ4n) is 2.00. The van der Waals surface area contributed by atoms with E-state index in [4.69, 9.17) is 4.52 Å². The summed E-state index contributed by atoms with van der Waals surface area (Å²) in [6, 6.07) is 0.665. The van der Waals surface area contributed by atoms with Gasteiger partial charge < -0.3 is 14.7 Å². The van der Waals surface area contributed by atoms with E-state index in [9.17, 15) is 0 Å². The third-order valence-corrected chi connectivity index (χ3v) is 2.90. The van der Waals surface area contributed by atoms with Crippen LogP contribution in [0, 0.1) is 6.92 Å². The molecule has 1 saturated heterocycles. The Kier molecular flexibility index (Phi) is 3.33. The van der Waals surface area contributed by atoms with E-state index >= 15 is 0 Å². The first-order chi connectivity index (χ1) is 7.25. The second-order valence-corrected chi connectivity index (χ2v) is 4.14. The molecule has 0 spiro atoms. The minimum atomic E-state index is 0.629. The predicted molar refractivity (Wildman–Crippen MR) is 56.4 cm³/mol. The van der Waals surface area contributed by atoms with E-state index in [2.05, 4.69) is 27.4 Å². The summed E-state index contributed by atoms with van der Waals surface area (Å²) in [7, 11) is 2.18. The summed E-state index contributed by atoms with van der Waals surface area (Å²) in [4.78, 5) is 6.54. The van der Waals surface area contributed by atoms with Crippen molar-refractivity contribution in [3.63, 3.8) is 0 Å². The molecule has 0 bridgehead atoms. The van der Waals surface area contributed by atoms with Crippen molar-refractivity contribution in [2.24, 2.45) is 0 Å². The van der Waals surface area contributed by atoms with Crippen molar-refractivity contribution in [2.75, 3.05) is 20.1 Å². The predicted octanol–water partition coefficient (Wildman–Crippen LogP) is 0.562. The van der Waals surface area contributed by atoms with E-state index in [1.807, 2.05) is 0 Å². The second-order valence-electron chi connectivity index (χ2n) is 4.14. The fraction of sp³-hybridized carbons (Fsp3) is 0.800. The maximum Gasteiger partial charge on any atom is 0.223 e. The lowest BCUT2D eigenvalue weighted by Gasteiger charge is -2.19. The maximum atomic E-state index is 4.90. The van der Waals surface area contributed by atoms with Gasteiger partial charge in [0.15, 0.2) is 5.82 Å². The van der Waals surface area contributed by atoms with Gasteiger partial charge in [-0.1, -0.05) is 5.16 Å². The number of aromatic nitrogens is 2. The first-order valence-corrected chi connectivity index (χ1v) is 5.46. The van der Waals surface area contributed by atoms with Crippen molar-refractivity contribution >= 4 is 0 Å². The standard InChI is InChI=1S/C10H18N4O/c1-8-12-10(13-15-8)7-11-6-9-4-3-5-14(9)2/h9,11H,3-7H2,1-2H3. The van der Waals surface area contributed by atoms with Gasteiger partial charge in [-0.05, 0) is 26.4 Å². The summed E-state index contributed by atoms with van der Waals surface area (Å²) < 4.78 is 4.90. The van der Waals surface area contributed by atoms with Gasteiger partial charge in [-0.15, -0.1) is 0 Å². The van der Waals surface area contributed by atoms with Crippen LogP contribution < -0.4 is 5.32 Å². The molecule has 1 aliphatic rings. The molecule has 0 aliphatic carbocycles. The van der Waals surface area contributed by atoms with Gasteiger partial charge in [0.2, 0.25) is 5.89 Å². The lowest BCUT2D eigenvalue weighted by atomic mass is 10.2. The summed E-state index contributed by atoms with van der Waals surface area (Å²) in [6.45, 7) is 4.72. The Hall–Kier alpha value is -0.940. The largest absolute Gasteiger partial charge is 0.340 e. The maximum absolute atomic E-state index is 4.90. The molecule has 1 N–H and O–H groups in total. The lowest BCUT2D eigenvalue weighted by Crippen LogP contribution is -2.35. The summed E-state index contributed by atoms with van der Waals surface area (Å²) in [5.74, 6) is 1.37. The summed E-state index contributed by atoms with van der Waals surface area (Å²) >= 11 is 0. The molecule has 5 heteroatoms. The Morgan fingerprint density at radius 3 is 3.07 bits per heavy atom. The molecule has 2 rings (SSSR count). The molecular weight excluding hydrogens is 192 g/mol. The molecular formula is C10H18N4O. The van der Waals surface area contributed by atoms with Gasteiger partial charge in [0.05, 0.1) is 6.54 Å². The SMILES string of the molecule is Cc1nc(CNCC2CCCN2C)no1. The van der Waals surface area contributed by atoms with Crippen molar-refractivity contribution in [1.82, 2.24) is 20.4 Å². The number of nitrogens with one attached hydrogen (secondary N) is 1. The number of likely N-dealkylation sites (N-methyl/N-ethyl adjacent to an activating group) is 1. The van der Waals surface area contributed by atoms with Crippen molar-refractivity contribution < 1.29 is 4.52 Å². The topological polar surface area (TPSA) is 54.2 Å². The Bertz CT molecular complexity index is 312. The highest BCUT2D eigenvalue weighted by atomic mass is 16.5. The van der Waals surface area contributed by atoms with Crippen LogP contribution in [0.4, 0.5) is 0 Å². The van der Waals surface area contributed by atoms with Crippen LogP contribution in [-0.4, -0.2) is 41.2 Å². The van der Waals surface area contributed by atoms with Gasteiger partial charge >= 0.3 is 0 Å². The number of hydrogen-bond donors (Lipinski definition) is 1. The van der Waals surface area contributed by atoms with Crippen LogP contribution in [0.25, 0.3) is 0 Å². The third kappa shape index (κ3) is 2.76. The highest BCUT2D eigenvalue weighted by Gasteiger charge is 2.19. The zero-order chi connectivity index (χ0) is 10.7. The van der Waals surface area contributed by atoms with Crippen molar-refractivity contribution in [1.29, 1.82) is 0 Å². The molecule has 15 heavy (non-hydrogen) atoms. The van der Waals surface area contributed by atoms with Crippen LogP contribution in [0.2, 0.25) is 0 Å². The number of rotatable bonds is 4. The van der Waals surface area contributed by atoms with Gasteiger partial charge in [-0.3, -0.25) is 0 Å². The summed E-state index contributed by atoms with van der Waals surface area (Å²) in [5, 5.41) is 7.20. The molecule has 0 aromatic carbocycles. The average molecular weight is 210 g/mol. The third-order valence-electron chi connectivity index (χ3n) is 2.90. The molecule has 84 valence electrons. The van der Waals surface area contributed by atoms with Crippen LogP contribution in [-0.2, 0) is 6.54 Å². The van der Waals surface area contributed by atoms with Crippen LogP contribution in [0.1, 0.15) is 24.6 Å². The van der Waals surface area contributed by atoms with Crippen LogP contribution in [0.15, 0.2) is 4.52 Å². The Labute approximate surface area is 89.8 Å². The van der Waals surface area contributed by atoms with Crippen molar-refractivity contribution in [2.45, 2.75) is 32.4 Å². The smallest absolute Gasteiger partial charge is 0.223 e. The van der Waals surface area contributed by atoms with Gasteiger partial charge in [-0.2, -0.15) is 4.98 Å². The Balaban J connectivity index is 1.70. The van der Waals surface area contributed by atoms with Gasteiger partial charge in [0, 0.05) is 19.5 Å². The normalized spacial score (nSPS) is 22.4. The van der Waals surface area contributed by atoms with Crippen LogP contribution >= 0.6 is 0 Å². The van der Waals surface area contributed by atoms with Crippen LogP contribution in [0.5, 0.6) is 0 Å². The number of aryl methyl sites for hydroxylation is 1. The quantitative estimate of drug-likeness (QED) is 0.787. The zero-order valence-corrected chi connectivity index (χ0v) is 9.36. The molecule has 1 aromatic heterocycles. The molecule has 1 atom stereocenters.